The van der Waals surface area contributed by atoms with E-state index in [1.54, 1.807) is 0 Å². The zero-order chi connectivity index (χ0) is 23.2. The molecule has 174 valence electrons. The molecule has 0 aromatic heterocycles. The predicted molar refractivity (Wildman–Crippen MR) is 121 cm³/mol. The Morgan fingerprint density at radius 1 is 1.06 bits per heavy atom. The van der Waals surface area contributed by atoms with Gasteiger partial charge in [-0.1, -0.05) is 48.5 Å². The number of fused-ring (bicyclic) bond motifs is 3. The Hall–Kier alpha value is -3.39. The van der Waals surface area contributed by atoms with E-state index in [9.17, 15) is 19.5 Å². The Morgan fingerprint density at radius 2 is 1.73 bits per heavy atom. The topological polar surface area (TPSA) is 114 Å². The normalized spacial score (nSPS) is 18.0. The number of benzene rings is 2. The predicted octanol–water partition coefficient (Wildman–Crippen LogP) is 2.91. The van der Waals surface area contributed by atoms with E-state index in [4.69, 9.17) is 9.47 Å². The van der Waals surface area contributed by atoms with Crippen LogP contribution in [0.25, 0.3) is 11.1 Å². The van der Waals surface area contributed by atoms with Gasteiger partial charge in [-0.05, 0) is 41.0 Å². The minimum absolute atomic E-state index is 0.0840. The molecule has 2 amide bonds. The molecule has 33 heavy (non-hydrogen) atoms. The zero-order valence-electron chi connectivity index (χ0n) is 18.3. The van der Waals surface area contributed by atoms with Crippen molar-refractivity contribution in [2.75, 3.05) is 26.4 Å². The van der Waals surface area contributed by atoms with Crippen LogP contribution in [0, 0.1) is 5.92 Å². The number of aliphatic carboxylic acids is 1. The van der Waals surface area contributed by atoms with Crippen molar-refractivity contribution in [1.29, 1.82) is 0 Å². The average Bonchev–Trinajstić information content (AvgIpc) is 3.15. The summed E-state index contributed by atoms with van der Waals surface area (Å²) >= 11 is 0. The van der Waals surface area contributed by atoms with E-state index in [0.717, 1.165) is 41.7 Å². The largest absolute Gasteiger partial charge is 0.481 e. The molecule has 1 heterocycles. The minimum Gasteiger partial charge on any atom is -0.481 e. The Kier molecular flexibility index (Phi) is 7.24. The first kappa shape index (κ1) is 22.8. The smallest absolute Gasteiger partial charge is 0.407 e. The van der Waals surface area contributed by atoms with E-state index >= 15 is 0 Å². The fourth-order valence-electron chi connectivity index (χ4n) is 4.50. The summed E-state index contributed by atoms with van der Waals surface area (Å²) in [6.45, 7) is 1.74. The molecule has 1 fully saturated rings. The maximum Gasteiger partial charge on any atom is 0.407 e. The molecule has 3 N–H and O–H groups in total. The van der Waals surface area contributed by atoms with Gasteiger partial charge in [0.25, 0.3) is 0 Å². The van der Waals surface area contributed by atoms with Crippen LogP contribution in [0.4, 0.5) is 4.79 Å². The average molecular weight is 453 g/mol. The second kappa shape index (κ2) is 10.5. The lowest BCUT2D eigenvalue weighted by Gasteiger charge is -2.24. The molecule has 0 spiro atoms. The second-order valence-electron chi connectivity index (χ2n) is 8.45. The molecule has 1 aliphatic carbocycles. The molecule has 0 radical (unpaired) electrons. The van der Waals surface area contributed by atoms with Gasteiger partial charge in [0, 0.05) is 19.1 Å². The molecule has 2 aliphatic rings. The molecule has 2 aromatic rings. The molecule has 8 nitrogen and oxygen atoms in total. The van der Waals surface area contributed by atoms with E-state index < -0.39 is 30.4 Å². The first-order chi connectivity index (χ1) is 16.0. The third-order valence-corrected chi connectivity index (χ3v) is 6.15. The van der Waals surface area contributed by atoms with Crippen LogP contribution in [0.1, 0.15) is 36.3 Å². The van der Waals surface area contributed by atoms with Crippen molar-refractivity contribution in [1.82, 2.24) is 10.6 Å². The summed E-state index contributed by atoms with van der Waals surface area (Å²) in [5.41, 5.74) is 4.36. The van der Waals surface area contributed by atoms with E-state index in [1.165, 1.54) is 0 Å². The highest BCUT2D eigenvalue weighted by Gasteiger charge is 2.30. The lowest BCUT2D eigenvalue weighted by atomic mass is 9.98. The van der Waals surface area contributed by atoms with Crippen LogP contribution in [0.15, 0.2) is 48.5 Å². The number of hydrogen-bond acceptors (Lipinski definition) is 5. The third-order valence-electron chi connectivity index (χ3n) is 6.15. The summed E-state index contributed by atoms with van der Waals surface area (Å²) in [6, 6.07) is 14.7. The molecular weight excluding hydrogens is 424 g/mol. The molecular formula is C25H28N2O6. The standard InChI is InChI=1S/C25H28N2O6/c28-23(29)12-22(24(30)26-13-16-6-5-11-32-14-16)27-25(31)33-15-21-19-9-3-1-7-17(19)18-8-2-4-10-20(18)21/h1-4,7-10,16,21-22H,5-6,11-15H2,(H,26,30)(H,27,31)(H,28,29). The van der Waals surface area contributed by atoms with E-state index in [1.807, 2.05) is 48.5 Å². The van der Waals surface area contributed by atoms with Crippen molar-refractivity contribution < 1.29 is 29.0 Å². The van der Waals surface area contributed by atoms with Crippen molar-refractivity contribution in [2.24, 2.45) is 5.92 Å². The fraction of sp³-hybridized carbons (Fsp3) is 0.400. The van der Waals surface area contributed by atoms with Crippen molar-refractivity contribution in [3.05, 3.63) is 59.7 Å². The molecule has 4 rings (SSSR count). The van der Waals surface area contributed by atoms with Crippen LogP contribution in [0.5, 0.6) is 0 Å². The lowest BCUT2D eigenvalue weighted by molar-refractivity contribution is -0.139. The summed E-state index contributed by atoms with van der Waals surface area (Å²) in [5.74, 6) is -1.67. The van der Waals surface area contributed by atoms with Crippen molar-refractivity contribution >= 4 is 18.0 Å². The number of carboxylic acids is 1. The van der Waals surface area contributed by atoms with Gasteiger partial charge in [0.2, 0.25) is 5.91 Å². The molecule has 2 atom stereocenters. The summed E-state index contributed by atoms with van der Waals surface area (Å²) in [4.78, 5) is 36.3. The first-order valence-electron chi connectivity index (χ1n) is 11.2. The number of carboxylic acid groups (broad SMARTS) is 1. The Labute approximate surface area is 192 Å². The highest BCUT2D eigenvalue weighted by molar-refractivity contribution is 5.89. The second-order valence-corrected chi connectivity index (χ2v) is 8.45. The maximum atomic E-state index is 12.6. The fourth-order valence-corrected chi connectivity index (χ4v) is 4.50. The quantitative estimate of drug-likeness (QED) is 0.568. The lowest BCUT2D eigenvalue weighted by Crippen LogP contribution is -2.49. The van der Waals surface area contributed by atoms with Crippen LogP contribution < -0.4 is 10.6 Å². The molecule has 0 saturated carbocycles. The van der Waals surface area contributed by atoms with Gasteiger partial charge in [0.15, 0.2) is 0 Å². The number of ether oxygens (including phenoxy) is 2. The SMILES string of the molecule is O=C(O)CC(NC(=O)OCC1c2ccccc2-c2ccccc21)C(=O)NCC1CCCOC1. The van der Waals surface area contributed by atoms with Gasteiger partial charge in [0.05, 0.1) is 13.0 Å². The van der Waals surface area contributed by atoms with Crippen molar-refractivity contribution in [3.63, 3.8) is 0 Å². The minimum atomic E-state index is -1.22. The van der Waals surface area contributed by atoms with Gasteiger partial charge in [-0.25, -0.2) is 4.79 Å². The third kappa shape index (κ3) is 5.51. The number of rotatable bonds is 8. The van der Waals surface area contributed by atoms with Crippen molar-refractivity contribution in [2.45, 2.75) is 31.2 Å². The van der Waals surface area contributed by atoms with Gasteiger partial charge in [-0.3, -0.25) is 9.59 Å². The summed E-state index contributed by atoms with van der Waals surface area (Å²) in [6.07, 6.45) is 0.511. The molecule has 2 unspecified atom stereocenters. The number of carbonyl (C=O) groups is 3. The highest BCUT2D eigenvalue weighted by Crippen LogP contribution is 2.44. The first-order valence-corrected chi connectivity index (χ1v) is 11.2. The van der Waals surface area contributed by atoms with Gasteiger partial charge in [0.1, 0.15) is 12.6 Å². The molecule has 0 bridgehead atoms. The van der Waals surface area contributed by atoms with Crippen LogP contribution >= 0.6 is 0 Å². The number of alkyl carbamates (subject to hydrolysis) is 1. The Balaban J connectivity index is 1.35. The Bertz CT molecular complexity index is 972. The van der Waals surface area contributed by atoms with E-state index in [2.05, 4.69) is 10.6 Å². The number of carbonyl (C=O) groups excluding carboxylic acids is 2. The van der Waals surface area contributed by atoms with Gasteiger partial charge in [-0.2, -0.15) is 0 Å². The number of hydrogen-bond donors (Lipinski definition) is 3. The van der Waals surface area contributed by atoms with Crippen molar-refractivity contribution in [3.8, 4) is 11.1 Å². The summed E-state index contributed by atoms with van der Waals surface area (Å²) < 4.78 is 10.9. The van der Waals surface area contributed by atoms with Gasteiger partial charge in [-0.15, -0.1) is 0 Å². The Morgan fingerprint density at radius 3 is 2.33 bits per heavy atom. The number of amides is 2. The van der Waals surface area contributed by atoms with Crippen LogP contribution in [0.3, 0.4) is 0 Å². The highest BCUT2D eigenvalue weighted by atomic mass is 16.5. The molecule has 1 aliphatic heterocycles. The maximum absolute atomic E-state index is 12.6. The van der Waals surface area contributed by atoms with Crippen LogP contribution in [-0.2, 0) is 19.1 Å². The van der Waals surface area contributed by atoms with Crippen LogP contribution in [-0.4, -0.2) is 55.5 Å². The van der Waals surface area contributed by atoms with Gasteiger partial charge >= 0.3 is 12.1 Å². The zero-order valence-corrected chi connectivity index (χ0v) is 18.3. The van der Waals surface area contributed by atoms with Crippen LogP contribution in [0.2, 0.25) is 0 Å². The van der Waals surface area contributed by atoms with E-state index in [0.29, 0.717) is 13.2 Å². The number of nitrogens with one attached hydrogen (secondary N) is 2. The molecule has 2 aromatic carbocycles. The summed E-state index contributed by atoms with van der Waals surface area (Å²) in [7, 11) is 0. The summed E-state index contributed by atoms with van der Waals surface area (Å²) in [5, 5.41) is 14.3. The van der Waals surface area contributed by atoms with Gasteiger partial charge < -0.3 is 25.2 Å². The molecule has 8 heteroatoms. The molecule has 1 saturated heterocycles. The monoisotopic (exact) mass is 452 g/mol. The van der Waals surface area contributed by atoms with E-state index in [-0.39, 0.29) is 18.4 Å².